The van der Waals surface area contributed by atoms with Crippen molar-refractivity contribution >= 4 is 5.69 Å². The molecule has 1 aliphatic rings. The fourth-order valence-electron chi connectivity index (χ4n) is 3.05. The number of aliphatic hydroxyl groups excluding tert-OH is 1. The van der Waals surface area contributed by atoms with Crippen LogP contribution < -0.4 is 5.73 Å². The lowest BCUT2D eigenvalue weighted by atomic mass is 9.86. The molecule has 1 saturated carbocycles. The van der Waals surface area contributed by atoms with E-state index in [1.165, 1.54) is 25.7 Å². The standard InChI is InChI=1S/C16H26N2O/c1-12-4-3-5-15(10-12)18(2)11-16(19)13-6-8-14(17)9-7-13/h6-9,12,15-16,19H,3-5,10-11,17H2,1-2H3. The highest BCUT2D eigenvalue weighted by Gasteiger charge is 2.23. The third kappa shape index (κ3) is 3.95. The molecule has 0 amide bonds. The van der Waals surface area contributed by atoms with Crippen molar-refractivity contribution in [3.8, 4) is 0 Å². The van der Waals surface area contributed by atoms with Gasteiger partial charge in [0.05, 0.1) is 6.10 Å². The van der Waals surface area contributed by atoms with Crippen LogP contribution in [-0.2, 0) is 0 Å². The maximum atomic E-state index is 10.3. The Morgan fingerprint density at radius 1 is 1.32 bits per heavy atom. The fraction of sp³-hybridized carbons (Fsp3) is 0.625. The number of nitrogens with zero attached hydrogens (tertiary/aromatic N) is 1. The van der Waals surface area contributed by atoms with Gasteiger partial charge in [0.25, 0.3) is 0 Å². The number of rotatable bonds is 4. The maximum absolute atomic E-state index is 10.3. The van der Waals surface area contributed by atoms with Gasteiger partial charge in [0, 0.05) is 18.3 Å². The summed E-state index contributed by atoms with van der Waals surface area (Å²) in [6.45, 7) is 3.03. The van der Waals surface area contributed by atoms with Crippen molar-refractivity contribution in [2.45, 2.75) is 44.8 Å². The quantitative estimate of drug-likeness (QED) is 0.820. The molecule has 0 spiro atoms. The fourth-order valence-corrected chi connectivity index (χ4v) is 3.05. The van der Waals surface area contributed by atoms with Crippen LogP contribution in [0.4, 0.5) is 5.69 Å². The van der Waals surface area contributed by atoms with Crippen LogP contribution >= 0.6 is 0 Å². The zero-order valence-electron chi connectivity index (χ0n) is 12.0. The maximum Gasteiger partial charge on any atom is 0.0916 e. The first-order valence-electron chi connectivity index (χ1n) is 7.30. The molecule has 0 aromatic heterocycles. The number of aliphatic hydroxyl groups is 1. The summed E-state index contributed by atoms with van der Waals surface area (Å²) in [4.78, 5) is 2.32. The summed E-state index contributed by atoms with van der Waals surface area (Å²) >= 11 is 0. The van der Waals surface area contributed by atoms with E-state index in [9.17, 15) is 5.11 Å². The third-order valence-corrected chi connectivity index (χ3v) is 4.31. The Labute approximate surface area is 116 Å². The molecule has 1 aromatic rings. The Bertz CT molecular complexity index is 390. The Kier molecular flexibility index (Phi) is 4.83. The summed E-state index contributed by atoms with van der Waals surface area (Å²) in [5.41, 5.74) is 7.36. The third-order valence-electron chi connectivity index (χ3n) is 4.31. The zero-order chi connectivity index (χ0) is 13.8. The van der Waals surface area contributed by atoms with E-state index in [-0.39, 0.29) is 0 Å². The Morgan fingerprint density at radius 2 is 2.00 bits per heavy atom. The lowest BCUT2D eigenvalue weighted by molar-refractivity contribution is 0.0831. The Balaban J connectivity index is 1.90. The van der Waals surface area contributed by atoms with E-state index < -0.39 is 6.10 Å². The summed E-state index contributed by atoms with van der Waals surface area (Å²) in [6.07, 6.45) is 4.75. The first-order chi connectivity index (χ1) is 9.06. The number of hydrogen-bond acceptors (Lipinski definition) is 3. The van der Waals surface area contributed by atoms with E-state index in [1.807, 2.05) is 24.3 Å². The Morgan fingerprint density at radius 3 is 2.63 bits per heavy atom. The SMILES string of the molecule is CC1CCCC(N(C)CC(O)c2ccc(N)cc2)C1. The highest BCUT2D eigenvalue weighted by molar-refractivity contribution is 5.39. The summed E-state index contributed by atoms with van der Waals surface area (Å²) in [7, 11) is 2.13. The minimum absolute atomic E-state index is 0.428. The molecule has 0 radical (unpaired) electrons. The molecule has 0 heterocycles. The van der Waals surface area contributed by atoms with Crippen LogP contribution in [0.2, 0.25) is 0 Å². The molecule has 1 aromatic carbocycles. The van der Waals surface area contributed by atoms with Gasteiger partial charge in [-0.3, -0.25) is 0 Å². The summed E-state index contributed by atoms with van der Waals surface area (Å²) in [6, 6.07) is 8.14. The molecular formula is C16H26N2O. The van der Waals surface area contributed by atoms with Gasteiger partial charge in [0.1, 0.15) is 0 Å². The number of likely N-dealkylation sites (N-methyl/N-ethyl adjacent to an activating group) is 1. The number of anilines is 1. The van der Waals surface area contributed by atoms with E-state index >= 15 is 0 Å². The van der Waals surface area contributed by atoms with Crippen molar-refractivity contribution in [1.82, 2.24) is 4.90 Å². The van der Waals surface area contributed by atoms with Gasteiger partial charge in [-0.05, 0) is 43.5 Å². The molecule has 106 valence electrons. The van der Waals surface area contributed by atoms with Crippen molar-refractivity contribution in [2.24, 2.45) is 5.92 Å². The number of nitrogens with two attached hydrogens (primary N) is 1. The predicted molar refractivity (Wildman–Crippen MR) is 79.9 cm³/mol. The largest absolute Gasteiger partial charge is 0.399 e. The second-order valence-electron chi connectivity index (χ2n) is 6.05. The lowest BCUT2D eigenvalue weighted by Crippen LogP contribution is -2.38. The van der Waals surface area contributed by atoms with Crippen LogP contribution in [0.1, 0.15) is 44.3 Å². The molecule has 3 nitrogen and oxygen atoms in total. The van der Waals surface area contributed by atoms with Gasteiger partial charge in [-0.2, -0.15) is 0 Å². The molecule has 3 heteroatoms. The zero-order valence-corrected chi connectivity index (χ0v) is 12.0. The average molecular weight is 262 g/mol. The molecular weight excluding hydrogens is 236 g/mol. The van der Waals surface area contributed by atoms with E-state index in [4.69, 9.17) is 5.73 Å². The van der Waals surface area contributed by atoms with E-state index in [0.717, 1.165) is 17.2 Å². The minimum Gasteiger partial charge on any atom is -0.399 e. The van der Waals surface area contributed by atoms with Crippen molar-refractivity contribution < 1.29 is 5.11 Å². The molecule has 19 heavy (non-hydrogen) atoms. The highest BCUT2D eigenvalue weighted by Crippen LogP contribution is 2.27. The Hall–Kier alpha value is -1.06. The molecule has 0 aliphatic heterocycles. The topological polar surface area (TPSA) is 49.5 Å². The molecule has 0 saturated heterocycles. The molecule has 3 unspecified atom stereocenters. The predicted octanol–water partition coefficient (Wildman–Crippen LogP) is 2.81. The van der Waals surface area contributed by atoms with Crippen LogP contribution in [0.5, 0.6) is 0 Å². The van der Waals surface area contributed by atoms with Crippen LogP contribution in [0, 0.1) is 5.92 Å². The number of benzene rings is 1. The smallest absolute Gasteiger partial charge is 0.0916 e. The first kappa shape index (κ1) is 14.4. The van der Waals surface area contributed by atoms with E-state index in [0.29, 0.717) is 12.6 Å². The molecule has 3 atom stereocenters. The van der Waals surface area contributed by atoms with E-state index in [1.54, 1.807) is 0 Å². The first-order valence-corrected chi connectivity index (χ1v) is 7.30. The number of nitrogen functional groups attached to an aromatic ring is 1. The van der Waals surface area contributed by atoms with Gasteiger partial charge in [-0.15, -0.1) is 0 Å². The van der Waals surface area contributed by atoms with Gasteiger partial charge >= 0.3 is 0 Å². The van der Waals surface area contributed by atoms with Gasteiger partial charge in [-0.1, -0.05) is 31.9 Å². The van der Waals surface area contributed by atoms with Crippen LogP contribution in [0.3, 0.4) is 0 Å². The van der Waals surface area contributed by atoms with Gasteiger partial charge in [0.15, 0.2) is 0 Å². The highest BCUT2D eigenvalue weighted by atomic mass is 16.3. The van der Waals surface area contributed by atoms with Gasteiger partial charge in [0.2, 0.25) is 0 Å². The molecule has 3 N–H and O–H groups in total. The van der Waals surface area contributed by atoms with Crippen LogP contribution in [0.15, 0.2) is 24.3 Å². The van der Waals surface area contributed by atoms with E-state index in [2.05, 4.69) is 18.9 Å². The lowest BCUT2D eigenvalue weighted by Gasteiger charge is -2.35. The summed E-state index contributed by atoms with van der Waals surface area (Å²) in [5, 5.41) is 10.3. The van der Waals surface area contributed by atoms with Crippen molar-refractivity contribution in [2.75, 3.05) is 19.3 Å². The van der Waals surface area contributed by atoms with Gasteiger partial charge < -0.3 is 15.7 Å². The molecule has 1 aliphatic carbocycles. The summed E-state index contributed by atoms with van der Waals surface area (Å²) in [5.74, 6) is 0.815. The second kappa shape index (κ2) is 6.40. The van der Waals surface area contributed by atoms with Crippen molar-refractivity contribution in [3.05, 3.63) is 29.8 Å². The molecule has 1 fully saturated rings. The number of hydrogen-bond donors (Lipinski definition) is 2. The second-order valence-corrected chi connectivity index (χ2v) is 6.05. The summed E-state index contributed by atoms with van der Waals surface area (Å²) < 4.78 is 0. The van der Waals surface area contributed by atoms with Crippen LogP contribution in [-0.4, -0.2) is 29.6 Å². The van der Waals surface area contributed by atoms with Crippen LogP contribution in [0.25, 0.3) is 0 Å². The molecule has 2 rings (SSSR count). The average Bonchev–Trinajstić information content (AvgIpc) is 2.39. The minimum atomic E-state index is -0.428. The monoisotopic (exact) mass is 262 g/mol. The van der Waals surface area contributed by atoms with Crippen molar-refractivity contribution in [3.63, 3.8) is 0 Å². The molecule has 0 bridgehead atoms. The normalized spacial score (nSPS) is 25.5. The van der Waals surface area contributed by atoms with Gasteiger partial charge in [-0.25, -0.2) is 0 Å². The van der Waals surface area contributed by atoms with Crippen molar-refractivity contribution in [1.29, 1.82) is 0 Å².